The van der Waals surface area contributed by atoms with Crippen molar-refractivity contribution in [3.63, 3.8) is 0 Å². The summed E-state index contributed by atoms with van der Waals surface area (Å²) in [6.45, 7) is 6.48. The number of ether oxygens (including phenoxy) is 2. The monoisotopic (exact) mass is 473 g/mol. The zero-order valence-corrected chi connectivity index (χ0v) is 20.7. The van der Waals surface area contributed by atoms with E-state index in [1.165, 1.54) is 5.56 Å². The van der Waals surface area contributed by atoms with Gasteiger partial charge >= 0.3 is 0 Å². The van der Waals surface area contributed by atoms with E-state index in [1.54, 1.807) is 24.3 Å². The number of hydrogen-bond donors (Lipinski definition) is 0. The number of fused-ring (bicyclic) bond motifs is 1. The van der Waals surface area contributed by atoms with Crippen molar-refractivity contribution in [2.45, 2.75) is 52.2 Å². The molecule has 1 aliphatic rings. The van der Waals surface area contributed by atoms with Crippen molar-refractivity contribution in [1.29, 1.82) is 0 Å². The molecular weight excluding hydrogens is 438 g/mol. The van der Waals surface area contributed by atoms with Crippen LogP contribution in [0.15, 0.2) is 78.9 Å². The van der Waals surface area contributed by atoms with Crippen molar-refractivity contribution in [1.82, 2.24) is 4.90 Å². The smallest absolute Gasteiger partial charge is 0.268 e. The number of para-hydroxylation sites is 2. The molecule has 0 fully saturated rings. The molecular formula is C30H35NO4. The molecule has 0 saturated heterocycles. The average molecular weight is 474 g/mol. The molecule has 0 aromatic heterocycles. The summed E-state index contributed by atoms with van der Waals surface area (Å²) in [6, 6.07) is 24.6. The molecule has 4 rings (SSSR count). The van der Waals surface area contributed by atoms with E-state index in [0.29, 0.717) is 11.3 Å². The van der Waals surface area contributed by atoms with Gasteiger partial charge in [-0.2, -0.15) is 0 Å². The van der Waals surface area contributed by atoms with E-state index in [2.05, 4.69) is 19.9 Å². The van der Waals surface area contributed by atoms with Gasteiger partial charge in [-0.25, -0.2) is 0 Å². The van der Waals surface area contributed by atoms with Crippen molar-refractivity contribution in [3.05, 3.63) is 95.6 Å². The Balaban J connectivity index is 0.000000355. The molecule has 5 nitrogen and oxygen atoms in total. The quantitative estimate of drug-likeness (QED) is 0.293. The van der Waals surface area contributed by atoms with Crippen molar-refractivity contribution in [2.24, 2.45) is 0 Å². The number of carbonyl (C=O) groups excluding carboxylic acids is 2. The van der Waals surface area contributed by atoms with Crippen LogP contribution in [0.1, 0.15) is 67.1 Å². The topological polar surface area (TPSA) is 55.8 Å². The molecule has 1 heterocycles. The van der Waals surface area contributed by atoms with Gasteiger partial charge in [-0.15, -0.1) is 0 Å². The highest BCUT2D eigenvalue weighted by Crippen LogP contribution is 2.28. The number of aldehydes is 1. The number of unbranched alkanes of at least 4 members (excludes halogenated alkanes) is 2. The molecule has 3 aromatic rings. The minimum absolute atomic E-state index is 0.0520. The zero-order chi connectivity index (χ0) is 24.9. The molecule has 0 spiro atoms. The Morgan fingerprint density at radius 2 is 1.54 bits per heavy atom. The molecule has 0 bridgehead atoms. The highest BCUT2D eigenvalue weighted by Gasteiger charge is 2.28. The van der Waals surface area contributed by atoms with Crippen molar-refractivity contribution >= 4 is 12.2 Å². The third kappa shape index (κ3) is 7.44. The minimum Gasteiger partial charge on any atom is -0.488 e. The van der Waals surface area contributed by atoms with Crippen LogP contribution in [0.4, 0.5) is 0 Å². The van der Waals surface area contributed by atoms with Crippen LogP contribution in [0.3, 0.4) is 0 Å². The first-order chi connectivity index (χ1) is 17.2. The summed E-state index contributed by atoms with van der Waals surface area (Å²) in [5, 5.41) is 0. The molecule has 35 heavy (non-hydrogen) atoms. The van der Waals surface area contributed by atoms with Gasteiger partial charge < -0.3 is 14.4 Å². The molecule has 1 atom stereocenters. The second-order valence-corrected chi connectivity index (χ2v) is 8.49. The Kier molecular flexibility index (Phi) is 10.4. The summed E-state index contributed by atoms with van der Waals surface area (Å²) in [4.78, 5) is 26.6. The molecule has 184 valence electrons. The van der Waals surface area contributed by atoms with E-state index in [0.717, 1.165) is 63.0 Å². The van der Waals surface area contributed by atoms with Crippen LogP contribution in [0, 0.1) is 0 Å². The van der Waals surface area contributed by atoms with Crippen LogP contribution in [0.5, 0.6) is 11.5 Å². The minimum atomic E-state index is -0.763. The molecule has 3 aromatic carbocycles. The number of benzene rings is 3. The van der Waals surface area contributed by atoms with Crippen molar-refractivity contribution in [2.75, 3.05) is 13.1 Å². The first kappa shape index (κ1) is 26.0. The number of carbonyl (C=O) groups is 2. The maximum Gasteiger partial charge on any atom is 0.268 e. The molecule has 0 N–H and O–H groups in total. The first-order valence-electron chi connectivity index (χ1n) is 12.4. The van der Waals surface area contributed by atoms with Gasteiger partial charge in [0, 0.05) is 24.2 Å². The van der Waals surface area contributed by atoms with Crippen LogP contribution in [0.2, 0.25) is 0 Å². The third-order valence-electron chi connectivity index (χ3n) is 5.85. The van der Waals surface area contributed by atoms with E-state index >= 15 is 0 Å². The van der Waals surface area contributed by atoms with Gasteiger partial charge in [0.25, 0.3) is 5.91 Å². The summed E-state index contributed by atoms with van der Waals surface area (Å²) in [7, 11) is 0. The summed E-state index contributed by atoms with van der Waals surface area (Å²) < 4.78 is 11.2. The molecule has 5 heteroatoms. The van der Waals surface area contributed by atoms with Gasteiger partial charge in [0.15, 0.2) is 6.29 Å². The second kappa shape index (κ2) is 14.0. The fourth-order valence-corrected chi connectivity index (χ4v) is 3.74. The highest BCUT2D eigenvalue weighted by atomic mass is 16.5. The van der Waals surface area contributed by atoms with Gasteiger partial charge in [-0.3, -0.25) is 9.59 Å². The maximum atomic E-state index is 13.4. The highest BCUT2D eigenvalue weighted by molar-refractivity contribution is 5.84. The van der Waals surface area contributed by atoms with Crippen LogP contribution in [0.25, 0.3) is 0 Å². The van der Waals surface area contributed by atoms with E-state index in [9.17, 15) is 9.59 Å². The molecule has 0 aliphatic carbocycles. The van der Waals surface area contributed by atoms with Gasteiger partial charge in [0.05, 0.1) is 5.56 Å². The lowest BCUT2D eigenvalue weighted by Gasteiger charge is -2.28. The Bertz CT molecular complexity index is 1040. The maximum absolute atomic E-state index is 13.4. The molecule has 1 unspecified atom stereocenters. The lowest BCUT2D eigenvalue weighted by atomic mass is 10.1. The number of nitrogens with zero attached hydrogens (tertiary/aromatic N) is 1. The lowest BCUT2D eigenvalue weighted by Crippen LogP contribution is -2.38. The Labute approximate surface area is 208 Å². The molecule has 0 saturated carbocycles. The van der Waals surface area contributed by atoms with Gasteiger partial charge in [-0.05, 0) is 31.0 Å². The summed E-state index contributed by atoms with van der Waals surface area (Å²) >= 11 is 0. The van der Waals surface area contributed by atoms with Gasteiger partial charge in [0.1, 0.15) is 18.1 Å². The van der Waals surface area contributed by atoms with E-state index in [1.807, 2.05) is 53.4 Å². The Hall–Kier alpha value is -3.60. The third-order valence-corrected chi connectivity index (χ3v) is 5.85. The van der Waals surface area contributed by atoms with E-state index in [4.69, 9.17) is 9.47 Å². The summed E-state index contributed by atoms with van der Waals surface area (Å²) in [6.07, 6.45) is 3.97. The van der Waals surface area contributed by atoms with Crippen molar-refractivity contribution < 1.29 is 19.1 Å². The fourth-order valence-electron chi connectivity index (χ4n) is 3.74. The van der Waals surface area contributed by atoms with Crippen LogP contribution >= 0.6 is 0 Å². The van der Waals surface area contributed by atoms with Gasteiger partial charge in [-0.1, -0.05) is 87.4 Å². The summed E-state index contributed by atoms with van der Waals surface area (Å²) in [5.74, 6) is 1.43. The number of amides is 1. The van der Waals surface area contributed by atoms with Crippen LogP contribution in [-0.4, -0.2) is 30.2 Å². The normalized spacial score (nSPS) is 12.1. The fraction of sp³-hybridized carbons (Fsp3) is 0.333. The molecule has 1 aliphatic heterocycles. The predicted molar refractivity (Wildman–Crippen MR) is 139 cm³/mol. The molecule has 0 radical (unpaired) electrons. The lowest BCUT2D eigenvalue weighted by molar-refractivity contribution is -0.139. The van der Waals surface area contributed by atoms with Crippen LogP contribution < -0.4 is 9.47 Å². The summed E-state index contributed by atoms with van der Waals surface area (Å²) in [5.41, 5.74) is 2.56. The second-order valence-electron chi connectivity index (χ2n) is 8.49. The number of hydrogen-bond acceptors (Lipinski definition) is 4. The SMILES string of the molecule is CCCCN(CCCC)C(=O)C(Oc1ccccc1C=O)c1ccccc1.c1ccc2c(c1)CO2. The average Bonchev–Trinajstić information content (AvgIpc) is 2.89. The van der Waals surface area contributed by atoms with Gasteiger partial charge in [0.2, 0.25) is 6.10 Å². The Morgan fingerprint density at radius 1 is 0.914 bits per heavy atom. The Morgan fingerprint density at radius 3 is 2.09 bits per heavy atom. The largest absolute Gasteiger partial charge is 0.488 e. The molecule has 1 amide bonds. The van der Waals surface area contributed by atoms with E-state index < -0.39 is 6.10 Å². The number of rotatable bonds is 11. The van der Waals surface area contributed by atoms with Crippen LogP contribution in [-0.2, 0) is 11.4 Å². The zero-order valence-electron chi connectivity index (χ0n) is 20.7. The predicted octanol–water partition coefficient (Wildman–Crippen LogP) is 6.63. The first-order valence-corrected chi connectivity index (χ1v) is 12.4. The standard InChI is InChI=1S/C23H29NO3.C7H6O/c1-3-5-16-24(17-6-4-2)23(26)22(19-12-8-7-9-13-19)27-21-15-11-10-14-20(21)18-25;1-2-4-7-6(3-1)5-8-7/h7-15,18,22H,3-6,16-17H2,1-2H3;1-4H,5H2. The van der Waals surface area contributed by atoms with Crippen molar-refractivity contribution in [3.8, 4) is 11.5 Å². The van der Waals surface area contributed by atoms with E-state index in [-0.39, 0.29) is 5.91 Å².